The van der Waals surface area contributed by atoms with Crippen molar-refractivity contribution in [3.63, 3.8) is 0 Å². The summed E-state index contributed by atoms with van der Waals surface area (Å²) in [6.45, 7) is 1.51. The van der Waals surface area contributed by atoms with Gasteiger partial charge in [0.1, 0.15) is 0 Å². The van der Waals surface area contributed by atoms with Gasteiger partial charge in [-0.25, -0.2) is 12.7 Å². The molecule has 0 spiro atoms. The largest absolute Gasteiger partial charge is 0.392 e. The van der Waals surface area contributed by atoms with Crippen LogP contribution < -0.4 is 0 Å². The third-order valence-corrected chi connectivity index (χ3v) is 5.93. The van der Waals surface area contributed by atoms with Gasteiger partial charge >= 0.3 is 0 Å². The molecule has 1 fully saturated rings. The molecule has 0 aliphatic carbocycles. The van der Waals surface area contributed by atoms with Crippen molar-refractivity contribution < 1.29 is 13.5 Å². The highest BCUT2D eigenvalue weighted by atomic mass is 32.2. The van der Waals surface area contributed by atoms with Crippen LogP contribution in [0.15, 0.2) is 24.3 Å². The number of rotatable bonds is 6. The van der Waals surface area contributed by atoms with Crippen molar-refractivity contribution in [2.24, 2.45) is 0 Å². The maximum Gasteiger partial charge on any atom is 0.218 e. The third kappa shape index (κ3) is 4.26. The molecule has 1 saturated heterocycles. The van der Waals surface area contributed by atoms with Gasteiger partial charge in [0.05, 0.1) is 12.4 Å². The highest BCUT2D eigenvalue weighted by Crippen LogP contribution is 2.18. The number of aliphatic hydroxyl groups excluding tert-OH is 1. The van der Waals surface area contributed by atoms with E-state index in [1.54, 1.807) is 31.3 Å². The minimum absolute atomic E-state index is 0.0201. The number of benzene rings is 1. The van der Waals surface area contributed by atoms with Crippen molar-refractivity contribution in [3.8, 4) is 0 Å². The van der Waals surface area contributed by atoms with Gasteiger partial charge in [0.25, 0.3) is 0 Å². The highest BCUT2D eigenvalue weighted by Gasteiger charge is 2.27. The molecule has 5 nitrogen and oxygen atoms in total. The van der Waals surface area contributed by atoms with Crippen LogP contribution in [-0.4, -0.2) is 56.0 Å². The van der Waals surface area contributed by atoms with Crippen LogP contribution in [0.5, 0.6) is 0 Å². The fraction of sp³-hybridized carbons (Fsp3) is 0.600. The first-order valence-electron chi connectivity index (χ1n) is 7.25. The second-order valence-corrected chi connectivity index (χ2v) is 7.87. The number of hydrogen-bond donors (Lipinski definition) is 1. The zero-order valence-corrected chi connectivity index (χ0v) is 13.5. The summed E-state index contributed by atoms with van der Waals surface area (Å²) in [7, 11) is 0.370. The molecule has 1 atom stereocenters. The Morgan fingerprint density at radius 1 is 1.38 bits per heavy atom. The van der Waals surface area contributed by atoms with E-state index in [2.05, 4.69) is 4.90 Å². The number of likely N-dealkylation sites (tertiary alicyclic amines) is 1. The first-order chi connectivity index (χ1) is 9.92. The van der Waals surface area contributed by atoms with Gasteiger partial charge in [0.2, 0.25) is 10.0 Å². The predicted octanol–water partition coefficient (Wildman–Crippen LogP) is 1.03. The normalized spacial score (nSPS) is 20.3. The summed E-state index contributed by atoms with van der Waals surface area (Å²) in [5.41, 5.74) is 1.45. The van der Waals surface area contributed by atoms with Crippen LogP contribution in [0.2, 0.25) is 0 Å². The molecule has 6 heteroatoms. The maximum atomic E-state index is 12.4. The van der Waals surface area contributed by atoms with Gasteiger partial charge in [-0.3, -0.25) is 0 Å². The molecular weight excluding hydrogens is 288 g/mol. The number of likely N-dealkylation sites (N-methyl/N-ethyl adjacent to an activating group) is 2. The zero-order chi connectivity index (χ0) is 15.5. The molecule has 118 valence electrons. The van der Waals surface area contributed by atoms with E-state index in [9.17, 15) is 8.42 Å². The fourth-order valence-electron chi connectivity index (χ4n) is 2.76. The average Bonchev–Trinajstić information content (AvgIpc) is 2.84. The van der Waals surface area contributed by atoms with Crippen LogP contribution in [0.4, 0.5) is 0 Å². The topological polar surface area (TPSA) is 60.9 Å². The molecule has 1 aromatic rings. The Morgan fingerprint density at radius 2 is 2.10 bits per heavy atom. The number of aliphatic hydroxyl groups is 1. The van der Waals surface area contributed by atoms with Crippen molar-refractivity contribution in [2.75, 3.05) is 27.2 Å². The van der Waals surface area contributed by atoms with E-state index in [1.165, 1.54) is 4.31 Å². The third-order valence-electron chi connectivity index (χ3n) is 4.14. The van der Waals surface area contributed by atoms with E-state index in [0.29, 0.717) is 18.2 Å². The minimum Gasteiger partial charge on any atom is -0.392 e. The van der Waals surface area contributed by atoms with Crippen molar-refractivity contribution >= 4 is 10.0 Å². The lowest BCUT2D eigenvalue weighted by atomic mass is 10.1. The van der Waals surface area contributed by atoms with Gasteiger partial charge in [0, 0.05) is 19.6 Å². The Balaban J connectivity index is 2.03. The quantitative estimate of drug-likeness (QED) is 0.852. The predicted molar refractivity (Wildman–Crippen MR) is 83.3 cm³/mol. The first kappa shape index (κ1) is 16.4. The van der Waals surface area contributed by atoms with Gasteiger partial charge in [0.15, 0.2) is 0 Å². The molecule has 0 aromatic heterocycles. The SMILES string of the molecule is CN1CCCC1CN(C)S(=O)(=O)Cc1cccc(CO)c1. The van der Waals surface area contributed by atoms with E-state index in [-0.39, 0.29) is 12.4 Å². The van der Waals surface area contributed by atoms with Crippen molar-refractivity contribution in [1.29, 1.82) is 0 Å². The Bertz CT molecular complexity index is 574. The van der Waals surface area contributed by atoms with E-state index in [4.69, 9.17) is 5.11 Å². The summed E-state index contributed by atoms with van der Waals surface area (Å²) in [5, 5.41) is 9.12. The van der Waals surface area contributed by atoms with E-state index >= 15 is 0 Å². The van der Waals surface area contributed by atoms with Gasteiger partial charge in [-0.1, -0.05) is 24.3 Å². The molecule has 0 bridgehead atoms. The Hall–Kier alpha value is -0.950. The first-order valence-corrected chi connectivity index (χ1v) is 8.86. The van der Waals surface area contributed by atoms with E-state index < -0.39 is 10.0 Å². The van der Waals surface area contributed by atoms with Crippen molar-refractivity contribution in [1.82, 2.24) is 9.21 Å². The van der Waals surface area contributed by atoms with Crippen LogP contribution in [0.3, 0.4) is 0 Å². The molecule has 2 rings (SSSR count). The lowest BCUT2D eigenvalue weighted by Crippen LogP contribution is -2.39. The van der Waals surface area contributed by atoms with Crippen LogP contribution in [0.1, 0.15) is 24.0 Å². The van der Waals surface area contributed by atoms with E-state index in [1.807, 2.05) is 7.05 Å². The lowest BCUT2D eigenvalue weighted by molar-refractivity contribution is 0.271. The van der Waals surface area contributed by atoms with Crippen LogP contribution >= 0.6 is 0 Å². The summed E-state index contributed by atoms with van der Waals surface area (Å²) in [6, 6.07) is 7.40. The standard InChI is InChI=1S/C15H24N2O3S/c1-16-8-4-7-15(16)10-17(2)21(19,20)12-14-6-3-5-13(9-14)11-18/h3,5-6,9,15,18H,4,7-8,10-12H2,1-2H3. The Labute approximate surface area is 127 Å². The lowest BCUT2D eigenvalue weighted by Gasteiger charge is -2.25. The molecule has 0 saturated carbocycles. The van der Waals surface area contributed by atoms with Gasteiger partial charge in [-0.2, -0.15) is 0 Å². The smallest absolute Gasteiger partial charge is 0.218 e. The Morgan fingerprint density at radius 3 is 2.71 bits per heavy atom. The summed E-state index contributed by atoms with van der Waals surface area (Å²) >= 11 is 0. The number of hydrogen-bond acceptors (Lipinski definition) is 4. The van der Waals surface area contributed by atoms with Gasteiger partial charge in [-0.15, -0.1) is 0 Å². The number of nitrogens with zero attached hydrogens (tertiary/aromatic N) is 2. The summed E-state index contributed by atoms with van der Waals surface area (Å²) < 4.78 is 26.3. The highest BCUT2D eigenvalue weighted by molar-refractivity contribution is 7.88. The van der Waals surface area contributed by atoms with Crippen LogP contribution in [0, 0.1) is 0 Å². The molecule has 21 heavy (non-hydrogen) atoms. The summed E-state index contributed by atoms with van der Waals surface area (Å²) in [4.78, 5) is 2.22. The second kappa shape index (κ2) is 6.87. The molecule has 1 heterocycles. The molecule has 0 radical (unpaired) electrons. The molecular formula is C15H24N2O3S. The monoisotopic (exact) mass is 312 g/mol. The molecule has 1 N–H and O–H groups in total. The minimum atomic E-state index is -3.32. The van der Waals surface area contributed by atoms with Gasteiger partial charge in [-0.05, 0) is 37.6 Å². The summed E-state index contributed by atoms with van der Waals surface area (Å²) in [6.07, 6.45) is 2.18. The zero-order valence-electron chi connectivity index (χ0n) is 12.7. The fourth-order valence-corrected chi connectivity index (χ4v) is 3.98. The molecule has 1 aromatic carbocycles. The second-order valence-electron chi connectivity index (χ2n) is 5.79. The van der Waals surface area contributed by atoms with Gasteiger partial charge < -0.3 is 10.0 Å². The van der Waals surface area contributed by atoms with Crippen molar-refractivity contribution in [2.45, 2.75) is 31.2 Å². The molecule has 0 amide bonds. The maximum absolute atomic E-state index is 12.4. The number of sulfonamides is 1. The van der Waals surface area contributed by atoms with Crippen molar-refractivity contribution in [3.05, 3.63) is 35.4 Å². The van der Waals surface area contributed by atoms with E-state index in [0.717, 1.165) is 24.9 Å². The van der Waals surface area contributed by atoms with Crippen LogP contribution in [0.25, 0.3) is 0 Å². The Kier molecular flexibility index (Phi) is 5.37. The molecule has 1 aliphatic rings. The van der Waals surface area contributed by atoms with Crippen LogP contribution in [-0.2, 0) is 22.4 Å². The summed E-state index contributed by atoms with van der Waals surface area (Å²) in [5.74, 6) is -0.0201. The molecule has 1 unspecified atom stereocenters. The average molecular weight is 312 g/mol. The molecule has 1 aliphatic heterocycles.